The first-order valence-corrected chi connectivity index (χ1v) is 7.37. The lowest BCUT2D eigenvalue weighted by Crippen LogP contribution is -2.15. The van der Waals surface area contributed by atoms with E-state index in [1.165, 1.54) is 7.11 Å². The fourth-order valence-corrected chi connectivity index (χ4v) is 2.04. The van der Waals surface area contributed by atoms with E-state index in [1.54, 1.807) is 0 Å². The smallest absolute Gasteiger partial charge is 0.377 e. The van der Waals surface area contributed by atoms with E-state index in [2.05, 4.69) is 15.9 Å². The largest absolute Gasteiger partial charge is 0.493 e. The molecular weight excluding hydrogens is 362 g/mol. The molecule has 0 saturated heterocycles. The second-order valence-corrected chi connectivity index (χ2v) is 4.95. The highest BCUT2D eigenvalue weighted by molar-refractivity contribution is 9.09. The molecule has 0 bridgehead atoms. The molecular formula is C13H14BrNO7. The molecule has 8 nitrogen and oxygen atoms in total. The second kappa shape index (κ2) is 8.32. The van der Waals surface area contributed by atoms with E-state index in [4.69, 9.17) is 14.6 Å². The number of hydrogen-bond donors (Lipinski definition) is 1. The quantitative estimate of drug-likeness (QED) is 0.176. The van der Waals surface area contributed by atoms with Crippen molar-refractivity contribution in [2.24, 2.45) is 0 Å². The van der Waals surface area contributed by atoms with Crippen LogP contribution in [0.3, 0.4) is 0 Å². The summed E-state index contributed by atoms with van der Waals surface area (Å²) in [5.41, 5.74) is -1.19. The van der Waals surface area contributed by atoms with Crippen LogP contribution in [0.2, 0.25) is 0 Å². The van der Waals surface area contributed by atoms with Gasteiger partial charge in [0.2, 0.25) is 0 Å². The van der Waals surface area contributed by atoms with Crippen LogP contribution >= 0.6 is 15.9 Å². The molecule has 0 fully saturated rings. The van der Waals surface area contributed by atoms with Gasteiger partial charge in [0.25, 0.3) is 11.5 Å². The maximum Gasteiger partial charge on any atom is 0.377 e. The molecule has 0 unspecified atom stereocenters. The van der Waals surface area contributed by atoms with E-state index in [9.17, 15) is 19.7 Å². The van der Waals surface area contributed by atoms with Crippen LogP contribution in [0.5, 0.6) is 11.5 Å². The van der Waals surface area contributed by atoms with Crippen molar-refractivity contribution >= 4 is 33.4 Å². The summed E-state index contributed by atoms with van der Waals surface area (Å²) >= 11 is 3.27. The molecule has 0 aromatic heterocycles. The van der Waals surface area contributed by atoms with Crippen molar-refractivity contribution in [2.75, 3.05) is 19.0 Å². The fraction of sp³-hybridized carbons (Fsp3) is 0.385. The highest BCUT2D eigenvalue weighted by atomic mass is 79.9. The number of unbranched alkanes of at least 4 members (excludes halogenated alkanes) is 1. The maximum absolute atomic E-state index is 11.5. The van der Waals surface area contributed by atoms with Crippen molar-refractivity contribution in [3.63, 3.8) is 0 Å². The number of nitrogens with zero attached hydrogens (tertiary/aromatic N) is 1. The summed E-state index contributed by atoms with van der Waals surface area (Å²) in [6.07, 6.45) is 1.58. The molecule has 0 aliphatic rings. The Bertz CT molecular complexity index is 588. The summed E-state index contributed by atoms with van der Waals surface area (Å²) in [7, 11) is 1.29. The third kappa shape index (κ3) is 4.42. The lowest BCUT2D eigenvalue weighted by molar-refractivity contribution is -0.385. The van der Waals surface area contributed by atoms with Crippen LogP contribution in [0.15, 0.2) is 12.1 Å². The Balaban J connectivity index is 3.19. The number of Topliss-reactive ketones (excluding diaryl/α,β-unsaturated/α-hetero) is 1. The van der Waals surface area contributed by atoms with Gasteiger partial charge < -0.3 is 14.6 Å². The van der Waals surface area contributed by atoms with Crippen molar-refractivity contribution in [1.29, 1.82) is 0 Å². The summed E-state index contributed by atoms with van der Waals surface area (Å²) < 4.78 is 10.4. The van der Waals surface area contributed by atoms with Crippen LogP contribution < -0.4 is 9.47 Å². The zero-order chi connectivity index (χ0) is 16.7. The number of nitro groups is 1. The third-order valence-corrected chi connectivity index (χ3v) is 3.26. The molecule has 0 atom stereocenters. The van der Waals surface area contributed by atoms with Gasteiger partial charge in [0.05, 0.1) is 24.7 Å². The number of ether oxygens (including phenoxy) is 2. The van der Waals surface area contributed by atoms with Gasteiger partial charge in [-0.1, -0.05) is 15.9 Å². The van der Waals surface area contributed by atoms with E-state index in [0.29, 0.717) is 6.61 Å². The topological polar surface area (TPSA) is 116 Å². The van der Waals surface area contributed by atoms with Gasteiger partial charge in [0.1, 0.15) is 5.56 Å². The first kappa shape index (κ1) is 17.9. The Morgan fingerprint density at radius 1 is 1.32 bits per heavy atom. The highest BCUT2D eigenvalue weighted by Crippen LogP contribution is 2.35. The number of carbonyl (C=O) groups is 2. The van der Waals surface area contributed by atoms with Gasteiger partial charge in [-0.25, -0.2) is 4.79 Å². The molecule has 1 N–H and O–H groups in total. The Labute approximate surface area is 134 Å². The van der Waals surface area contributed by atoms with E-state index in [1.807, 2.05) is 0 Å². The number of carboxylic acids is 1. The molecule has 120 valence electrons. The van der Waals surface area contributed by atoms with Gasteiger partial charge in [0.15, 0.2) is 11.5 Å². The normalized spacial score (nSPS) is 10.1. The Hall–Kier alpha value is -2.16. The van der Waals surface area contributed by atoms with Crippen molar-refractivity contribution in [1.82, 2.24) is 0 Å². The summed E-state index contributed by atoms with van der Waals surface area (Å²) in [5, 5.41) is 20.6. The summed E-state index contributed by atoms with van der Waals surface area (Å²) in [4.78, 5) is 32.5. The maximum atomic E-state index is 11.5. The number of nitro benzene ring substituents is 1. The highest BCUT2D eigenvalue weighted by Gasteiger charge is 2.28. The van der Waals surface area contributed by atoms with Crippen LogP contribution in [0, 0.1) is 10.1 Å². The number of methoxy groups -OCH3 is 1. The van der Waals surface area contributed by atoms with Crippen LogP contribution in [-0.4, -0.2) is 40.8 Å². The Kier molecular flexibility index (Phi) is 6.77. The molecule has 1 rings (SSSR count). The molecule has 0 aliphatic heterocycles. The number of carbonyl (C=O) groups excluding carboxylic acids is 1. The molecule has 0 spiro atoms. The third-order valence-electron chi connectivity index (χ3n) is 2.70. The first-order valence-electron chi connectivity index (χ1n) is 6.25. The van der Waals surface area contributed by atoms with Crippen molar-refractivity contribution in [3.05, 3.63) is 27.8 Å². The standard InChI is InChI=1S/C13H14BrNO7/c1-21-10-6-8(12(16)13(17)18)9(15(19)20)7-11(10)22-5-3-2-4-14/h6-7H,2-5H2,1H3,(H,17,18). The van der Waals surface area contributed by atoms with Gasteiger partial charge in [-0.2, -0.15) is 0 Å². The number of halogens is 1. The van der Waals surface area contributed by atoms with E-state index in [-0.39, 0.29) is 11.5 Å². The number of alkyl halides is 1. The SMILES string of the molecule is COc1cc(C(=O)C(=O)O)c([N+](=O)[O-])cc1OCCCCBr. The minimum absolute atomic E-state index is 0.0639. The summed E-state index contributed by atoms with van der Waals surface area (Å²) in [5.74, 6) is -3.01. The van der Waals surface area contributed by atoms with E-state index >= 15 is 0 Å². The van der Waals surface area contributed by atoms with Crippen LogP contribution in [0.1, 0.15) is 23.2 Å². The molecule has 0 radical (unpaired) electrons. The van der Waals surface area contributed by atoms with E-state index < -0.39 is 27.9 Å². The lowest BCUT2D eigenvalue weighted by atomic mass is 10.1. The fourth-order valence-electron chi connectivity index (χ4n) is 1.65. The van der Waals surface area contributed by atoms with Crippen LogP contribution in [0.25, 0.3) is 0 Å². The summed E-state index contributed by atoms with van der Waals surface area (Å²) in [6, 6.07) is 2.01. The van der Waals surface area contributed by atoms with Crippen molar-refractivity contribution < 1.29 is 29.1 Å². The molecule has 9 heteroatoms. The Morgan fingerprint density at radius 2 is 2.00 bits per heavy atom. The molecule has 0 heterocycles. The predicted octanol–water partition coefficient (Wildman–Crippen LogP) is 2.42. The molecule has 0 aliphatic carbocycles. The average molecular weight is 376 g/mol. The predicted molar refractivity (Wildman–Crippen MR) is 80.1 cm³/mol. The van der Waals surface area contributed by atoms with Gasteiger partial charge >= 0.3 is 5.97 Å². The van der Waals surface area contributed by atoms with Gasteiger partial charge in [-0.15, -0.1) is 0 Å². The zero-order valence-corrected chi connectivity index (χ0v) is 13.3. The minimum atomic E-state index is -1.78. The van der Waals surface area contributed by atoms with E-state index in [0.717, 1.165) is 30.3 Å². The molecule has 0 saturated carbocycles. The van der Waals surface area contributed by atoms with Gasteiger partial charge in [-0.05, 0) is 12.8 Å². The number of carboxylic acid groups (broad SMARTS) is 1. The zero-order valence-electron chi connectivity index (χ0n) is 11.7. The summed E-state index contributed by atoms with van der Waals surface area (Å²) in [6.45, 7) is 0.311. The van der Waals surface area contributed by atoms with Gasteiger partial charge in [0, 0.05) is 11.4 Å². The monoisotopic (exact) mass is 375 g/mol. The van der Waals surface area contributed by atoms with Crippen LogP contribution in [0.4, 0.5) is 5.69 Å². The number of ketones is 1. The second-order valence-electron chi connectivity index (χ2n) is 4.16. The van der Waals surface area contributed by atoms with Crippen molar-refractivity contribution in [3.8, 4) is 11.5 Å². The number of benzene rings is 1. The number of rotatable bonds is 9. The van der Waals surface area contributed by atoms with Crippen LogP contribution in [-0.2, 0) is 4.79 Å². The molecule has 1 aromatic rings. The molecule has 0 amide bonds. The Morgan fingerprint density at radius 3 is 2.50 bits per heavy atom. The lowest BCUT2D eigenvalue weighted by Gasteiger charge is -2.11. The van der Waals surface area contributed by atoms with Crippen molar-refractivity contribution in [2.45, 2.75) is 12.8 Å². The van der Waals surface area contributed by atoms with Gasteiger partial charge in [-0.3, -0.25) is 14.9 Å². The average Bonchev–Trinajstić information content (AvgIpc) is 2.49. The number of hydrogen-bond acceptors (Lipinski definition) is 6. The number of aliphatic carboxylic acids is 1. The minimum Gasteiger partial charge on any atom is -0.493 e. The molecule has 1 aromatic carbocycles. The first-order chi connectivity index (χ1) is 10.4. The molecule has 22 heavy (non-hydrogen) atoms.